The number of benzene rings is 1. The van der Waals surface area contributed by atoms with Gasteiger partial charge in [0.15, 0.2) is 0 Å². The monoisotopic (exact) mass is 275 g/mol. The van der Waals surface area contributed by atoms with E-state index < -0.39 is 0 Å². The first kappa shape index (κ1) is 15.5. The van der Waals surface area contributed by atoms with Crippen LogP contribution in [0.3, 0.4) is 0 Å². The van der Waals surface area contributed by atoms with Crippen molar-refractivity contribution in [2.24, 2.45) is 5.92 Å². The molecular formula is C18H29NO. The third-order valence-corrected chi connectivity index (χ3v) is 4.08. The second-order valence-corrected chi connectivity index (χ2v) is 6.54. The van der Waals surface area contributed by atoms with Crippen LogP contribution in [0.15, 0.2) is 30.3 Å². The van der Waals surface area contributed by atoms with E-state index in [1.165, 1.54) is 18.4 Å². The van der Waals surface area contributed by atoms with E-state index in [0.29, 0.717) is 24.0 Å². The summed E-state index contributed by atoms with van der Waals surface area (Å²) in [5.74, 6) is 1.26. The van der Waals surface area contributed by atoms with Gasteiger partial charge in [-0.05, 0) is 50.1 Å². The van der Waals surface area contributed by atoms with Gasteiger partial charge in [0.25, 0.3) is 0 Å². The van der Waals surface area contributed by atoms with Gasteiger partial charge in [0.05, 0.1) is 12.2 Å². The quantitative estimate of drug-likeness (QED) is 0.813. The molecule has 1 saturated heterocycles. The number of ether oxygens (including phenoxy) is 1. The van der Waals surface area contributed by atoms with Crippen molar-refractivity contribution >= 4 is 0 Å². The highest BCUT2D eigenvalue weighted by atomic mass is 16.5. The molecule has 2 rings (SSSR count). The van der Waals surface area contributed by atoms with Crippen LogP contribution < -0.4 is 5.32 Å². The normalized spacial score (nSPS) is 24.2. The van der Waals surface area contributed by atoms with E-state index in [2.05, 4.69) is 56.4 Å². The second-order valence-electron chi connectivity index (χ2n) is 6.54. The molecule has 0 aliphatic carbocycles. The first-order chi connectivity index (χ1) is 9.65. The second kappa shape index (κ2) is 7.80. The maximum atomic E-state index is 6.01. The van der Waals surface area contributed by atoms with Gasteiger partial charge in [0.1, 0.15) is 0 Å². The Labute approximate surface area is 123 Å². The van der Waals surface area contributed by atoms with Crippen LogP contribution >= 0.6 is 0 Å². The summed E-state index contributed by atoms with van der Waals surface area (Å²) in [6, 6.07) is 10.9. The average Bonchev–Trinajstić information content (AvgIpc) is 2.84. The third-order valence-electron chi connectivity index (χ3n) is 4.08. The lowest BCUT2D eigenvalue weighted by Crippen LogP contribution is -2.27. The molecule has 0 spiro atoms. The molecule has 1 fully saturated rings. The highest BCUT2D eigenvalue weighted by Crippen LogP contribution is 2.29. The Morgan fingerprint density at radius 1 is 1.15 bits per heavy atom. The van der Waals surface area contributed by atoms with Crippen LogP contribution in [0.25, 0.3) is 0 Å². The predicted octanol–water partition coefficient (Wildman–Crippen LogP) is 3.97. The summed E-state index contributed by atoms with van der Waals surface area (Å²) in [7, 11) is 0. The molecule has 0 amide bonds. The van der Waals surface area contributed by atoms with Gasteiger partial charge in [-0.3, -0.25) is 0 Å². The van der Waals surface area contributed by atoms with Gasteiger partial charge in [-0.1, -0.05) is 44.2 Å². The number of hydrogen-bond acceptors (Lipinski definition) is 2. The highest BCUT2D eigenvalue weighted by Gasteiger charge is 2.25. The van der Waals surface area contributed by atoms with Gasteiger partial charge in [0.2, 0.25) is 0 Å². The first-order valence-electron chi connectivity index (χ1n) is 8.06. The van der Waals surface area contributed by atoms with Gasteiger partial charge in [-0.2, -0.15) is 0 Å². The Bertz CT molecular complexity index is 376. The molecule has 0 aromatic heterocycles. The van der Waals surface area contributed by atoms with Gasteiger partial charge in [-0.25, -0.2) is 0 Å². The smallest absolute Gasteiger partial charge is 0.0586 e. The van der Waals surface area contributed by atoms with Crippen molar-refractivity contribution in [2.75, 3.05) is 13.1 Å². The molecule has 2 nitrogen and oxygen atoms in total. The van der Waals surface area contributed by atoms with Crippen LogP contribution in [-0.4, -0.2) is 25.3 Å². The first-order valence-corrected chi connectivity index (χ1v) is 8.06. The Morgan fingerprint density at radius 3 is 2.50 bits per heavy atom. The molecule has 3 atom stereocenters. The molecule has 1 aliphatic rings. The predicted molar refractivity (Wildman–Crippen MR) is 85.1 cm³/mol. The Hall–Kier alpha value is -0.860. The lowest BCUT2D eigenvalue weighted by atomic mass is 9.92. The van der Waals surface area contributed by atoms with Crippen molar-refractivity contribution in [2.45, 2.75) is 58.2 Å². The van der Waals surface area contributed by atoms with E-state index in [4.69, 9.17) is 4.74 Å². The van der Waals surface area contributed by atoms with Crippen molar-refractivity contribution in [3.8, 4) is 0 Å². The summed E-state index contributed by atoms with van der Waals surface area (Å²) in [5.41, 5.74) is 1.44. The van der Waals surface area contributed by atoms with Gasteiger partial charge in [-0.15, -0.1) is 0 Å². The molecule has 1 aromatic carbocycles. The summed E-state index contributed by atoms with van der Waals surface area (Å²) in [4.78, 5) is 0. The van der Waals surface area contributed by atoms with Crippen LogP contribution in [-0.2, 0) is 4.74 Å². The van der Waals surface area contributed by atoms with Gasteiger partial charge < -0.3 is 10.1 Å². The summed E-state index contributed by atoms with van der Waals surface area (Å²) in [5, 5.41) is 3.61. The Balaban J connectivity index is 1.93. The molecule has 2 heteroatoms. The minimum Gasteiger partial charge on any atom is -0.375 e. The van der Waals surface area contributed by atoms with Crippen LogP contribution in [0.5, 0.6) is 0 Å². The highest BCUT2D eigenvalue weighted by molar-refractivity contribution is 5.20. The summed E-state index contributed by atoms with van der Waals surface area (Å²) >= 11 is 0. The van der Waals surface area contributed by atoms with Crippen LogP contribution in [0.4, 0.5) is 0 Å². The molecule has 3 unspecified atom stereocenters. The molecule has 1 heterocycles. The van der Waals surface area contributed by atoms with E-state index in [1.807, 2.05) is 0 Å². The minimum absolute atomic E-state index is 0.441. The lowest BCUT2D eigenvalue weighted by molar-refractivity contribution is 0.0465. The molecule has 0 saturated carbocycles. The van der Waals surface area contributed by atoms with Gasteiger partial charge in [0, 0.05) is 6.54 Å². The molecular weight excluding hydrogens is 246 g/mol. The van der Waals surface area contributed by atoms with Crippen molar-refractivity contribution in [1.82, 2.24) is 5.32 Å². The zero-order valence-corrected chi connectivity index (χ0v) is 13.1. The molecule has 112 valence electrons. The van der Waals surface area contributed by atoms with E-state index in [9.17, 15) is 0 Å². The summed E-state index contributed by atoms with van der Waals surface area (Å²) < 4.78 is 6.01. The van der Waals surface area contributed by atoms with E-state index in [0.717, 1.165) is 19.5 Å². The number of rotatable bonds is 7. The molecule has 20 heavy (non-hydrogen) atoms. The Morgan fingerprint density at radius 2 is 1.90 bits per heavy atom. The SMILES string of the molecule is CC(C)CNCC(CC1CCC(C)O1)c1ccccc1. The summed E-state index contributed by atoms with van der Waals surface area (Å²) in [6.45, 7) is 8.84. The van der Waals surface area contributed by atoms with Crippen molar-refractivity contribution in [3.05, 3.63) is 35.9 Å². The zero-order chi connectivity index (χ0) is 14.4. The topological polar surface area (TPSA) is 21.3 Å². The van der Waals surface area contributed by atoms with E-state index in [1.54, 1.807) is 0 Å². The maximum absolute atomic E-state index is 6.01. The van der Waals surface area contributed by atoms with Gasteiger partial charge >= 0.3 is 0 Å². The van der Waals surface area contributed by atoms with Crippen LogP contribution in [0, 0.1) is 5.92 Å². The van der Waals surface area contributed by atoms with Crippen LogP contribution in [0.1, 0.15) is 51.5 Å². The standard InChI is InChI=1S/C18H29NO/c1-14(2)12-19-13-17(16-7-5-4-6-8-16)11-18-10-9-15(3)20-18/h4-8,14-15,17-19H,9-13H2,1-3H3. The fraction of sp³-hybridized carbons (Fsp3) is 0.667. The van der Waals surface area contributed by atoms with Crippen molar-refractivity contribution in [1.29, 1.82) is 0 Å². The zero-order valence-electron chi connectivity index (χ0n) is 13.1. The average molecular weight is 275 g/mol. The van der Waals surface area contributed by atoms with Crippen LogP contribution in [0.2, 0.25) is 0 Å². The van der Waals surface area contributed by atoms with Crippen molar-refractivity contribution in [3.63, 3.8) is 0 Å². The Kier molecular flexibility index (Phi) is 6.06. The fourth-order valence-corrected chi connectivity index (χ4v) is 2.98. The molecule has 1 aliphatic heterocycles. The molecule has 1 aromatic rings. The van der Waals surface area contributed by atoms with Crippen molar-refractivity contribution < 1.29 is 4.74 Å². The lowest BCUT2D eigenvalue weighted by Gasteiger charge is -2.22. The molecule has 1 N–H and O–H groups in total. The largest absolute Gasteiger partial charge is 0.375 e. The van der Waals surface area contributed by atoms with E-state index >= 15 is 0 Å². The third kappa shape index (κ3) is 4.92. The molecule has 0 bridgehead atoms. The van der Waals surface area contributed by atoms with E-state index in [-0.39, 0.29) is 0 Å². The fourth-order valence-electron chi connectivity index (χ4n) is 2.98. The summed E-state index contributed by atoms with van der Waals surface area (Å²) in [6.07, 6.45) is 4.45. The molecule has 0 radical (unpaired) electrons. The number of nitrogens with one attached hydrogen (secondary N) is 1. The minimum atomic E-state index is 0.441. The maximum Gasteiger partial charge on any atom is 0.0586 e. The number of hydrogen-bond donors (Lipinski definition) is 1.